The number of hydrogen-bond acceptors (Lipinski definition) is 5. The highest BCUT2D eigenvalue weighted by Crippen LogP contribution is 2.29. The van der Waals surface area contributed by atoms with Crippen molar-refractivity contribution in [3.05, 3.63) is 59.2 Å². The number of benzene rings is 2. The van der Waals surface area contributed by atoms with E-state index in [0.29, 0.717) is 32.0 Å². The molecule has 33 heavy (non-hydrogen) atoms. The molecule has 2 aliphatic heterocycles. The number of sulfonamides is 1. The van der Waals surface area contributed by atoms with E-state index in [1.807, 2.05) is 6.07 Å². The van der Waals surface area contributed by atoms with E-state index in [9.17, 15) is 13.2 Å². The van der Waals surface area contributed by atoms with Gasteiger partial charge in [0.2, 0.25) is 10.0 Å². The van der Waals surface area contributed by atoms with Crippen molar-refractivity contribution in [2.75, 3.05) is 33.8 Å². The number of rotatable bonds is 7. The first-order valence-corrected chi connectivity index (χ1v) is 12.8. The Kier molecular flexibility index (Phi) is 7.21. The zero-order chi connectivity index (χ0) is 23.4. The molecule has 0 bridgehead atoms. The SMILES string of the molecule is CNC(=O)N1CCC(COc2ccc(CN3Cc4ccccc4C3)cc2S(=O)(=O)NC)CC1. The summed E-state index contributed by atoms with van der Waals surface area (Å²) in [5.74, 6) is 0.644. The van der Waals surface area contributed by atoms with Crippen LogP contribution in [0.1, 0.15) is 29.5 Å². The van der Waals surface area contributed by atoms with Gasteiger partial charge in [-0.25, -0.2) is 17.9 Å². The molecular weight excluding hydrogens is 440 g/mol. The van der Waals surface area contributed by atoms with Crippen molar-refractivity contribution in [2.45, 2.75) is 37.4 Å². The Morgan fingerprint density at radius 3 is 2.33 bits per heavy atom. The van der Waals surface area contributed by atoms with Gasteiger partial charge >= 0.3 is 6.03 Å². The molecular formula is C24H32N4O4S. The smallest absolute Gasteiger partial charge is 0.317 e. The second kappa shape index (κ2) is 10.1. The number of fused-ring (bicyclic) bond motifs is 1. The number of nitrogens with one attached hydrogen (secondary N) is 2. The molecule has 0 saturated carbocycles. The summed E-state index contributed by atoms with van der Waals surface area (Å²) in [5, 5.41) is 2.65. The van der Waals surface area contributed by atoms with E-state index in [4.69, 9.17) is 4.74 Å². The van der Waals surface area contributed by atoms with E-state index < -0.39 is 10.0 Å². The largest absolute Gasteiger partial charge is 0.492 e. The van der Waals surface area contributed by atoms with Crippen molar-refractivity contribution in [3.63, 3.8) is 0 Å². The van der Waals surface area contributed by atoms with Gasteiger partial charge in [-0.3, -0.25) is 4.90 Å². The van der Waals surface area contributed by atoms with Gasteiger partial charge in [-0.1, -0.05) is 30.3 Å². The van der Waals surface area contributed by atoms with Crippen molar-refractivity contribution >= 4 is 16.1 Å². The third kappa shape index (κ3) is 5.48. The van der Waals surface area contributed by atoms with Crippen LogP contribution in [0.2, 0.25) is 0 Å². The van der Waals surface area contributed by atoms with Gasteiger partial charge in [0.25, 0.3) is 0 Å². The maximum atomic E-state index is 12.7. The fourth-order valence-electron chi connectivity index (χ4n) is 4.53. The van der Waals surface area contributed by atoms with Crippen LogP contribution < -0.4 is 14.8 Å². The number of urea groups is 1. The molecule has 0 unspecified atom stereocenters. The molecule has 2 aromatic carbocycles. The molecule has 2 amide bonds. The molecule has 0 atom stereocenters. The van der Waals surface area contributed by atoms with Crippen LogP contribution in [0, 0.1) is 5.92 Å². The predicted octanol–water partition coefficient (Wildman–Crippen LogP) is 2.54. The van der Waals surface area contributed by atoms with Crippen LogP contribution in [0.4, 0.5) is 4.79 Å². The van der Waals surface area contributed by atoms with Crippen LogP contribution in [0.5, 0.6) is 5.75 Å². The van der Waals surface area contributed by atoms with Gasteiger partial charge < -0.3 is 15.0 Å². The Morgan fingerprint density at radius 2 is 1.73 bits per heavy atom. The number of ether oxygens (including phenoxy) is 1. The summed E-state index contributed by atoms with van der Waals surface area (Å²) < 4.78 is 33.9. The Labute approximate surface area is 196 Å². The Bertz CT molecular complexity index is 1070. The minimum Gasteiger partial charge on any atom is -0.492 e. The molecule has 178 valence electrons. The van der Waals surface area contributed by atoms with E-state index >= 15 is 0 Å². The highest BCUT2D eigenvalue weighted by atomic mass is 32.2. The second-order valence-electron chi connectivity index (χ2n) is 8.70. The molecule has 2 N–H and O–H groups in total. The Balaban J connectivity index is 1.42. The summed E-state index contributed by atoms with van der Waals surface area (Å²) in [6.45, 7) is 4.15. The van der Waals surface area contributed by atoms with Crippen molar-refractivity contribution in [1.29, 1.82) is 0 Å². The fraction of sp³-hybridized carbons (Fsp3) is 0.458. The maximum Gasteiger partial charge on any atom is 0.317 e. The van der Waals surface area contributed by atoms with Gasteiger partial charge in [-0.05, 0) is 54.6 Å². The molecule has 0 aliphatic carbocycles. The third-order valence-electron chi connectivity index (χ3n) is 6.47. The van der Waals surface area contributed by atoms with E-state index in [1.165, 1.54) is 18.2 Å². The number of amides is 2. The number of hydrogen-bond donors (Lipinski definition) is 2. The minimum absolute atomic E-state index is 0.0616. The lowest BCUT2D eigenvalue weighted by Gasteiger charge is -2.31. The quantitative estimate of drug-likeness (QED) is 0.646. The van der Waals surface area contributed by atoms with E-state index in [1.54, 1.807) is 24.1 Å². The van der Waals surface area contributed by atoms with Gasteiger partial charge in [-0.15, -0.1) is 0 Å². The predicted molar refractivity (Wildman–Crippen MR) is 126 cm³/mol. The Morgan fingerprint density at radius 1 is 1.06 bits per heavy atom. The van der Waals surface area contributed by atoms with E-state index in [0.717, 1.165) is 31.5 Å². The molecule has 4 rings (SSSR count). The third-order valence-corrected chi connectivity index (χ3v) is 7.90. The van der Waals surface area contributed by atoms with Crippen LogP contribution in [-0.2, 0) is 29.7 Å². The number of nitrogens with zero attached hydrogens (tertiary/aromatic N) is 2. The molecule has 0 radical (unpaired) electrons. The number of likely N-dealkylation sites (tertiary alicyclic amines) is 1. The summed E-state index contributed by atoms with van der Waals surface area (Å²) in [6.07, 6.45) is 1.66. The van der Waals surface area contributed by atoms with Crippen LogP contribution >= 0.6 is 0 Å². The standard InChI is InChI=1S/C24H32N4O4S/c1-25-24(29)28-11-9-18(10-12-28)17-32-22-8-7-19(13-23(22)33(30,31)26-2)14-27-15-20-5-3-4-6-21(20)16-27/h3-8,13,18,26H,9-12,14-17H2,1-2H3,(H,25,29). The van der Waals surface area contributed by atoms with Gasteiger partial charge in [-0.2, -0.15) is 0 Å². The lowest BCUT2D eigenvalue weighted by molar-refractivity contribution is 0.145. The monoisotopic (exact) mass is 472 g/mol. The lowest BCUT2D eigenvalue weighted by Crippen LogP contribution is -2.43. The first-order chi connectivity index (χ1) is 15.9. The molecule has 9 heteroatoms. The minimum atomic E-state index is -3.67. The summed E-state index contributed by atoms with van der Waals surface area (Å²) in [4.78, 5) is 16.0. The summed E-state index contributed by atoms with van der Waals surface area (Å²) in [5.41, 5.74) is 3.58. The molecule has 2 aliphatic rings. The van der Waals surface area contributed by atoms with Gasteiger partial charge in [0.15, 0.2) is 0 Å². The second-order valence-corrected chi connectivity index (χ2v) is 10.6. The molecule has 0 aromatic heterocycles. The van der Waals surface area contributed by atoms with Crippen molar-refractivity contribution in [2.24, 2.45) is 5.92 Å². The summed E-state index contributed by atoms with van der Waals surface area (Å²) in [6, 6.07) is 13.8. The normalized spacial score (nSPS) is 17.1. The number of piperidine rings is 1. The number of carbonyl (C=O) groups excluding carboxylic acids is 1. The highest BCUT2D eigenvalue weighted by Gasteiger charge is 2.25. The molecule has 1 fully saturated rings. The average molecular weight is 473 g/mol. The topological polar surface area (TPSA) is 91.0 Å². The lowest BCUT2D eigenvalue weighted by atomic mass is 9.98. The highest BCUT2D eigenvalue weighted by molar-refractivity contribution is 7.89. The molecule has 2 heterocycles. The molecule has 0 spiro atoms. The first-order valence-electron chi connectivity index (χ1n) is 11.3. The van der Waals surface area contributed by atoms with Crippen molar-refractivity contribution in [3.8, 4) is 5.75 Å². The van der Waals surface area contributed by atoms with Gasteiger partial charge in [0.05, 0.1) is 6.61 Å². The Hall–Kier alpha value is -2.62. The van der Waals surface area contributed by atoms with Crippen LogP contribution in [0.25, 0.3) is 0 Å². The molecule has 2 aromatic rings. The van der Waals surface area contributed by atoms with Crippen molar-refractivity contribution in [1.82, 2.24) is 19.8 Å². The molecule has 1 saturated heterocycles. The summed E-state index contributed by atoms with van der Waals surface area (Å²) in [7, 11) is -0.623. The zero-order valence-electron chi connectivity index (χ0n) is 19.2. The first kappa shape index (κ1) is 23.5. The fourth-order valence-corrected chi connectivity index (χ4v) is 5.45. The zero-order valence-corrected chi connectivity index (χ0v) is 20.0. The van der Waals surface area contributed by atoms with Crippen LogP contribution in [0.3, 0.4) is 0 Å². The van der Waals surface area contributed by atoms with Crippen LogP contribution in [-0.4, -0.2) is 58.0 Å². The average Bonchev–Trinajstić information content (AvgIpc) is 3.25. The van der Waals surface area contributed by atoms with Crippen LogP contribution in [0.15, 0.2) is 47.4 Å². The van der Waals surface area contributed by atoms with Gasteiger partial charge in [0, 0.05) is 39.8 Å². The van der Waals surface area contributed by atoms with Gasteiger partial charge in [0.1, 0.15) is 10.6 Å². The number of carbonyl (C=O) groups is 1. The molecule has 8 nitrogen and oxygen atoms in total. The summed E-state index contributed by atoms with van der Waals surface area (Å²) >= 11 is 0. The van der Waals surface area contributed by atoms with E-state index in [-0.39, 0.29) is 16.8 Å². The maximum absolute atomic E-state index is 12.7. The van der Waals surface area contributed by atoms with Crippen molar-refractivity contribution < 1.29 is 17.9 Å². The van der Waals surface area contributed by atoms with E-state index in [2.05, 4.69) is 39.2 Å².